The number of rotatable bonds is 5. The second kappa shape index (κ2) is 6.36. The Morgan fingerprint density at radius 3 is 2.80 bits per heavy atom. The number of nitrogens with zero attached hydrogens (tertiary/aromatic N) is 5. The van der Waals surface area contributed by atoms with Gasteiger partial charge >= 0.3 is 0 Å². The van der Waals surface area contributed by atoms with Crippen LogP contribution in [0.15, 0.2) is 6.33 Å². The monoisotopic (exact) mass is 354 g/mol. The molecule has 0 amide bonds. The van der Waals surface area contributed by atoms with E-state index in [9.17, 15) is 10.2 Å². The second-order valence-corrected chi connectivity index (χ2v) is 6.46. The molecule has 25 heavy (non-hydrogen) atoms. The van der Waals surface area contributed by atoms with E-state index in [1.807, 2.05) is 18.9 Å². The van der Waals surface area contributed by atoms with Gasteiger partial charge in [0.2, 0.25) is 5.95 Å². The number of imidazole rings is 1. The molecule has 0 aromatic carbocycles. The molecule has 1 aliphatic rings. The molecule has 2 aromatic heterocycles. The van der Waals surface area contributed by atoms with E-state index < -0.39 is 30.7 Å². The van der Waals surface area contributed by atoms with Crippen LogP contribution in [0, 0.1) is 0 Å². The van der Waals surface area contributed by atoms with Crippen LogP contribution in [0.2, 0.25) is 0 Å². The van der Waals surface area contributed by atoms with Crippen LogP contribution in [0.25, 0.3) is 11.2 Å². The molecule has 138 valence electrons. The van der Waals surface area contributed by atoms with Crippen molar-refractivity contribution in [3.8, 4) is 0 Å². The highest BCUT2D eigenvalue weighted by molar-refractivity contribution is 5.84. The van der Waals surface area contributed by atoms with Crippen LogP contribution in [0.5, 0.6) is 0 Å². The SMILES string of the molecule is CCCN(C)c1nc(N)nc2c1ncn2[C@@H]1O[C@H](CO)[C@@H](O)[C@@]1(C)F. The van der Waals surface area contributed by atoms with E-state index in [-0.39, 0.29) is 5.95 Å². The Kier molecular flexibility index (Phi) is 4.52. The number of halogens is 1. The van der Waals surface area contributed by atoms with Gasteiger partial charge < -0.3 is 25.6 Å². The lowest BCUT2D eigenvalue weighted by Crippen LogP contribution is -2.40. The van der Waals surface area contributed by atoms with Gasteiger partial charge in [0.1, 0.15) is 12.2 Å². The summed E-state index contributed by atoms with van der Waals surface area (Å²) in [4.78, 5) is 14.6. The number of anilines is 2. The molecule has 0 spiro atoms. The summed E-state index contributed by atoms with van der Waals surface area (Å²) in [5.74, 6) is 0.575. The van der Waals surface area contributed by atoms with E-state index in [1.165, 1.54) is 17.8 Å². The normalized spacial score (nSPS) is 29.4. The van der Waals surface area contributed by atoms with E-state index in [2.05, 4.69) is 15.0 Å². The first-order chi connectivity index (χ1) is 11.8. The van der Waals surface area contributed by atoms with Gasteiger partial charge in [-0.1, -0.05) is 6.92 Å². The Labute approximate surface area is 144 Å². The maximum absolute atomic E-state index is 15.1. The Hall–Kier alpha value is -2.04. The van der Waals surface area contributed by atoms with Crippen molar-refractivity contribution in [3.63, 3.8) is 0 Å². The van der Waals surface area contributed by atoms with Crippen LogP contribution in [0.1, 0.15) is 26.5 Å². The molecule has 9 nitrogen and oxygen atoms in total. The standard InChI is InChI=1S/C15H23FN6O3/c1-4-5-21(3)11-9-12(20-14(17)19-11)22(7-18-9)13-15(2,16)10(24)8(6-23)25-13/h7-8,10,13,23-24H,4-6H2,1-3H3,(H2,17,19,20)/t8-,10-,13-,15-/m1/s1. The van der Waals surface area contributed by atoms with Crippen LogP contribution in [0.3, 0.4) is 0 Å². The van der Waals surface area contributed by atoms with E-state index in [4.69, 9.17) is 10.5 Å². The maximum atomic E-state index is 15.1. The number of hydrogen-bond acceptors (Lipinski definition) is 8. The fraction of sp³-hybridized carbons (Fsp3) is 0.667. The van der Waals surface area contributed by atoms with Crippen molar-refractivity contribution in [1.82, 2.24) is 19.5 Å². The molecule has 0 saturated carbocycles. The second-order valence-electron chi connectivity index (χ2n) is 6.46. The molecular weight excluding hydrogens is 331 g/mol. The fourth-order valence-electron chi connectivity index (χ4n) is 3.16. The van der Waals surface area contributed by atoms with Crippen molar-refractivity contribution >= 4 is 22.9 Å². The molecule has 4 atom stereocenters. The van der Waals surface area contributed by atoms with Gasteiger partial charge in [-0.15, -0.1) is 0 Å². The molecule has 3 heterocycles. The number of nitrogen functional groups attached to an aromatic ring is 1. The number of aliphatic hydroxyl groups is 2. The minimum Gasteiger partial charge on any atom is -0.394 e. The van der Waals surface area contributed by atoms with Gasteiger partial charge in [-0.3, -0.25) is 4.57 Å². The van der Waals surface area contributed by atoms with Gasteiger partial charge in [0, 0.05) is 13.6 Å². The molecule has 1 saturated heterocycles. The zero-order chi connectivity index (χ0) is 18.4. The van der Waals surface area contributed by atoms with Gasteiger partial charge in [0.25, 0.3) is 0 Å². The van der Waals surface area contributed by atoms with E-state index in [0.29, 0.717) is 17.0 Å². The smallest absolute Gasteiger partial charge is 0.224 e. The number of hydrogen-bond donors (Lipinski definition) is 3. The molecule has 2 aromatic rings. The lowest BCUT2D eigenvalue weighted by molar-refractivity contribution is -0.0566. The number of aliphatic hydroxyl groups excluding tert-OH is 2. The highest BCUT2D eigenvalue weighted by Gasteiger charge is 2.55. The van der Waals surface area contributed by atoms with Crippen LogP contribution >= 0.6 is 0 Å². The molecule has 0 bridgehead atoms. The summed E-state index contributed by atoms with van der Waals surface area (Å²) in [6.45, 7) is 3.50. The van der Waals surface area contributed by atoms with E-state index >= 15 is 4.39 Å². The van der Waals surface area contributed by atoms with Gasteiger partial charge in [-0.25, -0.2) is 9.37 Å². The molecule has 10 heteroatoms. The highest BCUT2D eigenvalue weighted by atomic mass is 19.1. The quantitative estimate of drug-likeness (QED) is 0.697. The maximum Gasteiger partial charge on any atom is 0.224 e. The van der Waals surface area contributed by atoms with Crippen molar-refractivity contribution < 1.29 is 19.3 Å². The summed E-state index contributed by atoms with van der Waals surface area (Å²) in [6.07, 6.45) is -1.40. The fourth-order valence-corrected chi connectivity index (χ4v) is 3.16. The summed E-state index contributed by atoms with van der Waals surface area (Å²) in [5, 5.41) is 19.4. The molecule has 0 aliphatic carbocycles. The first-order valence-corrected chi connectivity index (χ1v) is 8.15. The Balaban J connectivity index is 2.10. The molecule has 0 radical (unpaired) electrons. The Bertz CT molecular complexity index is 767. The Morgan fingerprint density at radius 1 is 1.48 bits per heavy atom. The van der Waals surface area contributed by atoms with Crippen molar-refractivity contribution in [3.05, 3.63) is 6.33 Å². The zero-order valence-corrected chi connectivity index (χ0v) is 14.4. The van der Waals surface area contributed by atoms with Crippen molar-refractivity contribution in [2.24, 2.45) is 0 Å². The zero-order valence-electron chi connectivity index (χ0n) is 14.4. The third kappa shape index (κ3) is 2.79. The summed E-state index contributed by atoms with van der Waals surface area (Å²) in [5.41, 5.74) is 4.47. The summed E-state index contributed by atoms with van der Waals surface area (Å²) >= 11 is 0. The van der Waals surface area contributed by atoms with E-state index in [0.717, 1.165) is 13.0 Å². The average Bonchev–Trinajstić information content (AvgIpc) is 3.06. The minimum absolute atomic E-state index is 0.0324. The topological polar surface area (TPSA) is 123 Å². The summed E-state index contributed by atoms with van der Waals surface area (Å²) in [7, 11) is 1.86. The number of ether oxygens (including phenoxy) is 1. The third-order valence-electron chi connectivity index (χ3n) is 4.49. The van der Waals surface area contributed by atoms with Crippen LogP contribution in [-0.4, -0.2) is 67.8 Å². The van der Waals surface area contributed by atoms with Crippen molar-refractivity contribution in [2.45, 2.75) is 44.4 Å². The third-order valence-corrected chi connectivity index (χ3v) is 4.49. The van der Waals surface area contributed by atoms with Crippen molar-refractivity contribution in [1.29, 1.82) is 0 Å². The molecular formula is C15H23FN6O3. The average molecular weight is 354 g/mol. The van der Waals surface area contributed by atoms with Crippen LogP contribution < -0.4 is 10.6 Å². The minimum atomic E-state index is -2.13. The number of alkyl halides is 1. The molecule has 1 fully saturated rings. The summed E-state index contributed by atoms with van der Waals surface area (Å²) < 4.78 is 22.0. The molecule has 1 aliphatic heterocycles. The number of fused-ring (bicyclic) bond motifs is 1. The molecule has 0 unspecified atom stereocenters. The number of nitrogens with two attached hydrogens (primary N) is 1. The first-order valence-electron chi connectivity index (χ1n) is 8.15. The first kappa shape index (κ1) is 17.8. The van der Waals surface area contributed by atoms with Gasteiger partial charge in [-0.05, 0) is 13.3 Å². The van der Waals surface area contributed by atoms with E-state index in [1.54, 1.807) is 0 Å². The lowest BCUT2D eigenvalue weighted by atomic mass is 9.98. The van der Waals surface area contributed by atoms with Gasteiger partial charge in [0.15, 0.2) is 28.9 Å². The van der Waals surface area contributed by atoms with Gasteiger partial charge in [0.05, 0.1) is 12.9 Å². The summed E-state index contributed by atoms with van der Waals surface area (Å²) in [6, 6.07) is 0. The highest BCUT2D eigenvalue weighted by Crippen LogP contribution is 2.42. The molecule has 4 N–H and O–H groups in total. The van der Waals surface area contributed by atoms with Crippen molar-refractivity contribution in [2.75, 3.05) is 30.8 Å². The van der Waals surface area contributed by atoms with Crippen LogP contribution in [-0.2, 0) is 4.74 Å². The lowest BCUT2D eigenvalue weighted by Gasteiger charge is -2.24. The Morgan fingerprint density at radius 2 is 2.20 bits per heavy atom. The predicted molar refractivity (Wildman–Crippen MR) is 89.8 cm³/mol. The molecule has 3 rings (SSSR count). The van der Waals surface area contributed by atoms with Gasteiger partial charge in [-0.2, -0.15) is 9.97 Å². The number of aromatic nitrogens is 4. The predicted octanol–water partition coefficient (Wildman–Crippen LogP) is 0.233. The van der Waals surface area contributed by atoms with Crippen LogP contribution in [0.4, 0.5) is 16.2 Å². The largest absolute Gasteiger partial charge is 0.394 e.